The Morgan fingerprint density at radius 3 is 2.45 bits per heavy atom. The average molecular weight is 244 g/mol. The van der Waals surface area contributed by atoms with Crippen molar-refractivity contribution >= 4 is 33.5 Å². The highest BCUT2D eigenvalue weighted by Crippen LogP contribution is 2.25. The lowest BCUT2D eigenvalue weighted by Crippen LogP contribution is -2.24. The highest BCUT2D eigenvalue weighted by atomic mass is 79.9. The molecule has 0 heterocycles. The number of methoxy groups -OCH3 is 1. The molecule has 11 heavy (non-hydrogen) atoms. The fourth-order valence-corrected chi connectivity index (χ4v) is 1.62. The second kappa shape index (κ2) is 4.31. The highest BCUT2D eigenvalue weighted by molar-refractivity contribution is 9.10. The van der Waals surface area contributed by atoms with Crippen LogP contribution in [0.2, 0.25) is 0 Å². The molecule has 0 bridgehead atoms. The van der Waals surface area contributed by atoms with Crippen molar-refractivity contribution in [2.24, 2.45) is 0 Å². The Labute approximate surface area is 80.4 Å². The lowest BCUT2D eigenvalue weighted by Gasteiger charge is -2.17. The molecule has 0 aliphatic rings. The standard InChI is InChI=1S/C7H12BrClO2/c1-7(2,8)4-5(9)6(10)11-3/h5H,4H2,1-3H3/t5-/m0/s1. The predicted molar refractivity (Wildman–Crippen MR) is 49.3 cm³/mol. The van der Waals surface area contributed by atoms with Crippen molar-refractivity contribution in [3.63, 3.8) is 0 Å². The first-order valence-electron chi connectivity index (χ1n) is 3.27. The monoisotopic (exact) mass is 242 g/mol. The maximum Gasteiger partial charge on any atom is 0.323 e. The van der Waals surface area contributed by atoms with Crippen LogP contribution in [0.4, 0.5) is 0 Å². The van der Waals surface area contributed by atoms with Gasteiger partial charge in [0.1, 0.15) is 5.38 Å². The number of carbonyl (C=O) groups is 1. The maximum atomic E-state index is 10.8. The van der Waals surface area contributed by atoms with Crippen molar-refractivity contribution in [1.29, 1.82) is 0 Å². The van der Waals surface area contributed by atoms with Gasteiger partial charge in [0.15, 0.2) is 0 Å². The summed E-state index contributed by atoms with van der Waals surface area (Å²) >= 11 is 9.10. The zero-order chi connectivity index (χ0) is 9.07. The maximum absolute atomic E-state index is 10.8. The van der Waals surface area contributed by atoms with Gasteiger partial charge in [0.2, 0.25) is 0 Å². The normalized spacial score (nSPS) is 14.3. The van der Waals surface area contributed by atoms with E-state index in [1.807, 2.05) is 13.8 Å². The van der Waals surface area contributed by atoms with E-state index < -0.39 is 5.38 Å². The number of alkyl halides is 2. The van der Waals surface area contributed by atoms with Gasteiger partial charge in [-0.25, -0.2) is 0 Å². The zero-order valence-electron chi connectivity index (χ0n) is 6.86. The Hall–Kier alpha value is 0.240. The number of esters is 1. The average Bonchev–Trinajstić information content (AvgIpc) is 1.82. The summed E-state index contributed by atoms with van der Waals surface area (Å²) in [6, 6.07) is 0. The van der Waals surface area contributed by atoms with E-state index in [0.717, 1.165) is 0 Å². The molecule has 0 aromatic rings. The summed E-state index contributed by atoms with van der Waals surface area (Å²) in [4.78, 5) is 10.8. The first-order valence-corrected chi connectivity index (χ1v) is 4.50. The van der Waals surface area contributed by atoms with E-state index >= 15 is 0 Å². The van der Waals surface area contributed by atoms with Gasteiger partial charge in [-0.15, -0.1) is 11.6 Å². The second-order valence-electron chi connectivity index (χ2n) is 2.91. The fraction of sp³-hybridized carbons (Fsp3) is 0.857. The quantitative estimate of drug-likeness (QED) is 0.562. The number of rotatable bonds is 3. The van der Waals surface area contributed by atoms with E-state index in [1.165, 1.54) is 7.11 Å². The largest absolute Gasteiger partial charge is 0.468 e. The summed E-state index contributed by atoms with van der Waals surface area (Å²) in [5.41, 5.74) is 0. The van der Waals surface area contributed by atoms with Crippen molar-refractivity contribution < 1.29 is 9.53 Å². The number of hydrogen-bond acceptors (Lipinski definition) is 2. The van der Waals surface area contributed by atoms with Crippen LogP contribution in [0.15, 0.2) is 0 Å². The molecule has 0 unspecified atom stereocenters. The fourth-order valence-electron chi connectivity index (χ4n) is 0.637. The molecule has 66 valence electrons. The Morgan fingerprint density at radius 2 is 2.18 bits per heavy atom. The number of hydrogen-bond donors (Lipinski definition) is 0. The van der Waals surface area contributed by atoms with Crippen LogP contribution in [0.5, 0.6) is 0 Å². The molecule has 1 atom stereocenters. The van der Waals surface area contributed by atoms with Gasteiger partial charge in [-0.3, -0.25) is 4.79 Å². The van der Waals surface area contributed by atoms with Crippen LogP contribution in [0.3, 0.4) is 0 Å². The predicted octanol–water partition coefficient (Wildman–Crippen LogP) is 2.33. The molecular weight excluding hydrogens is 231 g/mol. The first-order chi connectivity index (χ1) is 4.87. The molecule has 2 nitrogen and oxygen atoms in total. The van der Waals surface area contributed by atoms with Crippen LogP contribution in [-0.4, -0.2) is 22.8 Å². The molecular formula is C7H12BrClO2. The molecule has 0 rings (SSSR count). The van der Waals surface area contributed by atoms with Crippen LogP contribution in [-0.2, 0) is 9.53 Å². The van der Waals surface area contributed by atoms with Gasteiger partial charge in [0.05, 0.1) is 7.11 Å². The smallest absolute Gasteiger partial charge is 0.323 e. The summed E-state index contributed by atoms with van der Waals surface area (Å²) in [5.74, 6) is -0.376. The third-order valence-corrected chi connectivity index (χ3v) is 1.78. The summed E-state index contributed by atoms with van der Waals surface area (Å²) in [6.07, 6.45) is 0.557. The Bertz CT molecular complexity index is 142. The topological polar surface area (TPSA) is 26.3 Å². The zero-order valence-corrected chi connectivity index (χ0v) is 9.20. The molecule has 0 radical (unpaired) electrons. The molecule has 0 aromatic heterocycles. The first kappa shape index (κ1) is 11.2. The van der Waals surface area contributed by atoms with E-state index in [1.54, 1.807) is 0 Å². The lowest BCUT2D eigenvalue weighted by molar-refractivity contribution is -0.140. The number of ether oxygens (including phenoxy) is 1. The van der Waals surface area contributed by atoms with Crippen molar-refractivity contribution in [1.82, 2.24) is 0 Å². The number of halogens is 2. The number of carbonyl (C=O) groups excluding carboxylic acids is 1. The van der Waals surface area contributed by atoms with Crippen molar-refractivity contribution in [3.8, 4) is 0 Å². The molecule has 0 aromatic carbocycles. The van der Waals surface area contributed by atoms with Crippen molar-refractivity contribution in [2.75, 3.05) is 7.11 Å². The van der Waals surface area contributed by atoms with E-state index in [0.29, 0.717) is 6.42 Å². The highest BCUT2D eigenvalue weighted by Gasteiger charge is 2.24. The van der Waals surface area contributed by atoms with E-state index in [2.05, 4.69) is 20.7 Å². The minimum absolute atomic E-state index is 0.117. The lowest BCUT2D eigenvalue weighted by atomic mass is 10.1. The molecule has 0 fully saturated rings. The summed E-state index contributed by atoms with van der Waals surface area (Å²) in [7, 11) is 1.33. The second-order valence-corrected chi connectivity index (χ2v) is 5.59. The van der Waals surface area contributed by atoms with E-state index in [9.17, 15) is 4.79 Å². The molecule has 0 N–H and O–H groups in total. The summed E-state index contributed by atoms with van der Waals surface area (Å²) in [6.45, 7) is 3.90. The van der Waals surface area contributed by atoms with Gasteiger partial charge in [0, 0.05) is 4.32 Å². The molecule has 0 saturated heterocycles. The van der Waals surface area contributed by atoms with Gasteiger partial charge in [-0.05, 0) is 20.3 Å². The van der Waals surface area contributed by atoms with Gasteiger partial charge < -0.3 is 4.74 Å². The van der Waals surface area contributed by atoms with Gasteiger partial charge in [-0.1, -0.05) is 15.9 Å². The molecule has 0 spiro atoms. The molecule has 4 heteroatoms. The minimum Gasteiger partial charge on any atom is -0.468 e. The third-order valence-electron chi connectivity index (χ3n) is 1.12. The van der Waals surface area contributed by atoms with Crippen LogP contribution in [0, 0.1) is 0 Å². The van der Waals surface area contributed by atoms with Crippen LogP contribution in [0.25, 0.3) is 0 Å². The van der Waals surface area contributed by atoms with Gasteiger partial charge in [0.25, 0.3) is 0 Å². The minimum atomic E-state index is -0.561. The van der Waals surface area contributed by atoms with Crippen molar-refractivity contribution in [2.45, 2.75) is 30.0 Å². The Morgan fingerprint density at radius 1 is 1.73 bits per heavy atom. The summed E-state index contributed by atoms with van der Waals surface area (Å²) < 4.78 is 4.35. The third kappa shape index (κ3) is 5.50. The Kier molecular flexibility index (Phi) is 4.41. The van der Waals surface area contributed by atoms with Crippen molar-refractivity contribution in [3.05, 3.63) is 0 Å². The SMILES string of the molecule is COC(=O)[C@@H](Cl)CC(C)(C)Br. The van der Waals surface area contributed by atoms with Crippen LogP contribution < -0.4 is 0 Å². The molecule has 0 amide bonds. The van der Waals surface area contributed by atoms with Crippen LogP contribution >= 0.6 is 27.5 Å². The van der Waals surface area contributed by atoms with E-state index in [4.69, 9.17) is 11.6 Å². The molecule has 0 aliphatic heterocycles. The summed E-state index contributed by atoms with van der Waals surface area (Å²) in [5, 5.41) is -0.561. The molecule has 0 aliphatic carbocycles. The van der Waals surface area contributed by atoms with Gasteiger partial charge >= 0.3 is 5.97 Å². The van der Waals surface area contributed by atoms with Crippen LogP contribution in [0.1, 0.15) is 20.3 Å². The Balaban J connectivity index is 3.87. The molecule has 0 saturated carbocycles. The van der Waals surface area contributed by atoms with Gasteiger partial charge in [-0.2, -0.15) is 0 Å². The van der Waals surface area contributed by atoms with E-state index in [-0.39, 0.29) is 10.3 Å².